The number of rotatable bonds is 2. The Hall–Kier alpha value is -3.27. The van der Waals surface area contributed by atoms with Gasteiger partial charge in [-0.2, -0.15) is 0 Å². The summed E-state index contributed by atoms with van der Waals surface area (Å²) in [6.45, 7) is 1.97. The number of carbonyl (C=O) groups is 1. The summed E-state index contributed by atoms with van der Waals surface area (Å²) in [5, 5.41) is 0. The number of nitrogens with zero attached hydrogens (tertiary/aromatic N) is 3. The second-order valence-electron chi connectivity index (χ2n) is 5.97. The standard InChI is InChI=1S/C21H17N3O/c1-15-13-17(9-11-22-15)16-5-4-6-18(14-16)24-20-8-3-2-7-19(20)23-12-10-21(24)25/h2-9,11-14H,10H2,1H3. The minimum absolute atomic E-state index is 0.0109. The van der Waals surface area contributed by atoms with E-state index in [4.69, 9.17) is 0 Å². The Balaban J connectivity index is 1.82. The van der Waals surface area contributed by atoms with Crippen LogP contribution < -0.4 is 4.90 Å². The van der Waals surface area contributed by atoms with E-state index in [1.54, 1.807) is 17.3 Å². The number of benzene rings is 2. The minimum Gasteiger partial charge on any atom is -0.279 e. The lowest BCUT2D eigenvalue weighted by atomic mass is 10.0. The van der Waals surface area contributed by atoms with Gasteiger partial charge in [0.15, 0.2) is 0 Å². The molecule has 0 saturated carbocycles. The SMILES string of the molecule is Cc1cc(-c2cccc(N3C(=O)CC=Nc4ccccc43)c2)ccn1. The van der Waals surface area contributed by atoms with E-state index in [9.17, 15) is 4.79 Å². The van der Waals surface area contributed by atoms with Crippen LogP contribution in [0, 0.1) is 6.92 Å². The van der Waals surface area contributed by atoms with Gasteiger partial charge in [0.1, 0.15) is 0 Å². The molecule has 0 bridgehead atoms. The third-order valence-electron chi connectivity index (χ3n) is 4.20. The third kappa shape index (κ3) is 2.94. The Labute approximate surface area is 146 Å². The lowest BCUT2D eigenvalue weighted by molar-refractivity contribution is -0.116. The van der Waals surface area contributed by atoms with Crippen molar-refractivity contribution in [2.24, 2.45) is 4.99 Å². The van der Waals surface area contributed by atoms with E-state index in [2.05, 4.69) is 9.98 Å². The monoisotopic (exact) mass is 327 g/mol. The number of amides is 1. The molecule has 0 fully saturated rings. The van der Waals surface area contributed by atoms with Crippen LogP contribution in [-0.2, 0) is 4.79 Å². The maximum absolute atomic E-state index is 12.7. The summed E-state index contributed by atoms with van der Waals surface area (Å²) in [7, 11) is 0. The van der Waals surface area contributed by atoms with E-state index in [-0.39, 0.29) is 12.3 Å². The lowest BCUT2D eigenvalue weighted by Gasteiger charge is -2.23. The molecule has 25 heavy (non-hydrogen) atoms. The van der Waals surface area contributed by atoms with Crippen LogP contribution in [0.3, 0.4) is 0 Å². The second-order valence-corrected chi connectivity index (χ2v) is 5.97. The van der Waals surface area contributed by atoms with E-state index in [1.807, 2.05) is 67.6 Å². The topological polar surface area (TPSA) is 45.6 Å². The molecule has 1 aromatic heterocycles. The molecule has 122 valence electrons. The van der Waals surface area contributed by atoms with Crippen molar-refractivity contribution in [2.75, 3.05) is 4.90 Å². The summed E-state index contributed by atoms with van der Waals surface area (Å²) >= 11 is 0. The number of anilines is 2. The molecule has 0 aliphatic carbocycles. The molecule has 0 saturated heterocycles. The molecule has 0 radical (unpaired) electrons. The van der Waals surface area contributed by atoms with E-state index in [0.29, 0.717) is 0 Å². The van der Waals surface area contributed by atoms with Crippen molar-refractivity contribution in [2.45, 2.75) is 13.3 Å². The van der Waals surface area contributed by atoms with Crippen molar-refractivity contribution in [1.29, 1.82) is 0 Å². The van der Waals surface area contributed by atoms with Gasteiger partial charge < -0.3 is 0 Å². The number of aryl methyl sites for hydroxylation is 1. The molecular weight excluding hydrogens is 310 g/mol. The zero-order valence-electron chi connectivity index (χ0n) is 13.9. The highest BCUT2D eigenvalue weighted by Crippen LogP contribution is 2.37. The van der Waals surface area contributed by atoms with Crippen molar-refractivity contribution in [1.82, 2.24) is 4.98 Å². The van der Waals surface area contributed by atoms with Gasteiger partial charge in [0.2, 0.25) is 5.91 Å². The molecule has 1 aliphatic rings. The van der Waals surface area contributed by atoms with Crippen LogP contribution in [0.2, 0.25) is 0 Å². The van der Waals surface area contributed by atoms with Gasteiger partial charge in [-0.05, 0) is 54.4 Å². The molecule has 4 heteroatoms. The van der Waals surface area contributed by atoms with Gasteiger partial charge in [0.25, 0.3) is 0 Å². The molecule has 0 unspecified atom stereocenters. The number of para-hydroxylation sites is 2. The summed E-state index contributed by atoms with van der Waals surface area (Å²) < 4.78 is 0. The molecule has 4 nitrogen and oxygen atoms in total. The molecule has 4 rings (SSSR count). The van der Waals surface area contributed by atoms with Gasteiger partial charge in [0.05, 0.1) is 17.8 Å². The summed E-state index contributed by atoms with van der Waals surface area (Å²) in [6.07, 6.45) is 3.77. The Kier molecular flexibility index (Phi) is 3.86. The van der Waals surface area contributed by atoms with Gasteiger partial charge in [-0.15, -0.1) is 0 Å². The van der Waals surface area contributed by atoms with Crippen LogP contribution in [-0.4, -0.2) is 17.1 Å². The number of hydrogen-bond donors (Lipinski definition) is 0. The normalized spacial score (nSPS) is 13.5. The molecule has 2 heterocycles. The molecule has 0 spiro atoms. The first-order valence-corrected chi connectivity index (χ1v) is 8.20. The highest BCUT2D eigenvalue weighted by molar-refractivity contribution is 6.10. The molecule has 0 atom stereocenters. The highest BCUT2D eigenvalue weighted by atomic mass is 16.2. The van der Waals surface area contributed by atoms with Gasteiger partial charge in [-0.25, -0.2) is 0 Å². The van der Waals surface area contributed by atoms with Crippen LogP contribution in [0.4, 0.5) is 17.1 Å². The Morgan fingerprint density at radius 1 is 0.960 bits per heavy atom. The van der Waals surface area contributed by atoms with Crippen LogP contribution in [0.1, 0.15) is 12.1 Å². The quantitative estimate of drug-likeness (QED) is 0.677. The summed E-state index contributed by atoms with van der Waals surface area (Å²) in [4.78, 5) is 23.1. The van der Waals surface area contributed by atoms with Crippen molar-refractivity contribution >= 4 is 29.2 Å². The number of pyridine rings is 1. The van der Waals surface area contributed by atoms with Gasteiger partial charge in [-0.3, -0.25) is 19.7 Å². The van der Waals surface area contributed by atoms with Gasteiger partial charge in [0, 0.05) is 23.8 Å². The summed E-state index contributed by atoms with van der Waals surface area (Å²) in [5.41, 5.74) is 5.56. The van der Waals surface area contributed by atoms with E-state index < -0.39 is 0 Å². The van der Waals surface area contributed by atoms with Crippen LogP contribution in [0.5, 0.6) is 0 Å². The molecule has 1 aliphatic heterocycles. The fourth-order valence-electron chi connectivity index (χ4n) is 3.04. The molecule has 3 aromatic rings. The Bertz CT molecular complexity index is 978. The molecular formula is C21H17N3O. The average Bonchev–Trinajstić information content (AvgIpc) is 2.80. The van der Waals surface area contributed by atoms with Crippen molar-refractivity contribution < 1.29 is 4.79 Å². The first-order chi connectivity index (χ1) is 12.2. The minimum atomic E-state index is 0.0109. The highest BCUT2D eigenvalue weighted by Gasteiger charge is 2.22. The fraction of sp³-hybridized carbons (Fsp3) is 0.0952. The first-order valence-electron chi connectivity index (χ1n) is 8.20. The van der Waals surface area contributed by atoms with E-state index in [0.717, 1.165) is 33.9 Å². The predicted octanol–water partition coefficient (Wildman–Crippen LogP) is 4.83. The third-order valence-corrected chi connectivity index (χ3v) is 4.20. The van der Waals surface area contributed by atoms with Gasteiger partial charge >= 0.3 is 0 Å². The molecule has 1 amide bonds. The van der Waals surface area contributed by atoms with Crippen molar-refractivity contribution in [3.05, 3.63) is 72.6 Å². The van der Waals surface area contributed by atoms with Gasteiger partial charge in [-0.1, -0.05) is 24.3 Å². The zero-order valence-corrected chi connectivity index (χ0v) is 13.9. The van der Waals surface area contributed by atoms with Crippen LogP contribution in [0.25, 0.3) is 11.1 Å². The maximum Gasteiger partial charge on any atom is 0.236 e. The Morgan fingerprint density at radius 3 is 2.68 bits per heavy atom. The summed E-state index contributed by atoms with van der Waals surface area (Å²) in [5.74, 6) is 0.0109. The molecule has 2 aromatic carbocycles. The number of hydrogen-bond acceptors (Lipinski definition) is 3. The maximum atomic E-state index is 12.7. The smallest absolute Gasteiger partial charge is 0.236 e. The fourth-order valence-corrected chi connectivity index (χ4v) is 3.04. The number of carbonyl (C=O) groups excluding carboxylic acids is 1. The average molecular weight is 327 g/mol. The molecule has 0 N–H and O–H groups in total. The van der Waals surface area contributed by atoms with E-state index in [1.165, 1.54) is 0 Å². The second kappa shape index (κ2) is 6.32. The summed E-state index contributed by atoms with van der Waals surface area (Å²) in [6, 6.07) is 19.7. The van der Waals surface area contributed by atoms with Crippen molar-refractivity contribution in [3.8, 4) is 11.1 Å². The first kappa shape index (κ1) is 15.3. The van der Waals surface area contributed by atoms with E-state index >= 15 is 0 Å². The van der Waals surface area contributed by atoms with Crippen LogP contribution >= 0.6 is 0 Å². The number of fused-ring (bicyclic) bond motifs is 1. The Morgan fingerprint density at radius 2 is 1.80 bits per heavy atom. The zero-order chi connectivity index (χ0) is 17.2. The number of aliphatic imine (C=N–C) groups is 1. The number of aromatic nitrogens is 1. The largest absolute Gasteiger partial charge is 0.279 e. The van der Waals surface area contributed by atoms with Crippen molar-refractivity contribution in [3.63, 3.8) is 0 Å². The van der Waals surface area contributed by atoms with Crippen LogP contribution in [0.15, 0.2) is 71.9 Å². The predicted molar refractivity (Wildman–Crippen MR) is 101 cm³/mol. The lowest BCUT2D eigenvalue weighted by Crippen LogP contribution is -2.25.